The first kappa shape index (κ1) is 27.1. The summed E-state index contributed by atoms with van der Waals surface area (Å²) in [6.07, 6.45) is 4.60. The van der Waals surface area contributed by atoms with Crippen molar-refractivity contribution in [1.82, 2.24) is 19.9 Å². The quantitative estimate of drug-likeness (QED) is 0.165. The number of ether oxygens (including phenoxy) is 1. The van der Waals surface area contributed by atoms with Crippen LogP contribution in [0.4, 0.5) is 5.82 Å². The number of nitriles is 1. The molecule has 0 fully saturated rings. The summed E-state index contributed by atoms with van der Waals surface area (Å²) in [5.41, 5.74) is 8.14. The van der Waals surface area contributed by atoms with Crippen LogP contribution in [0.1, 0.15) is 31.5 Å². The van der Waals surface area contributed by atoms with E-state index in [9.17, 15) is 20.0 Å². The third-order valence-electron chi connectivity index (χ3n) is 5.70. The summed E-state index contributed by atoms with van der Waals surface area (Å²) in [5.74, 6) is -1.18. The van der Waals surface area contributed by atoms with Crippen LogP contribution >= 0.6 is 0 Å². The van der Waals surface area contributed by atoms with Gasteiger partial charge in [-0.3, -0.25) is 4.79 Å². The maximum Gasteiger partial charge on any atom is 0.331 e. The predicted octanol–water partition coefficient (Wildman–Crippen LogP) is 2.90. The maximum atomic E-state index is 13.1. The third kappa shape index (κ3) is 5.85. The second-order valence-electron chi connectivity index (χ2n) is 8.95. The number of benzene rings is 1. The molecular formula is C27H30N6O4. The Hall–Kier alpha value is -4.49. The number of carbonyl (C=O) groups excluding carboxylic acids is 2. The van der Waals surface area contributed by atoms with Crippen molar-refractivity contribution in [2.75, 3.05) is 18.9 Å². The number of fused-ring (bicyclic) bond motifs is 1. The molecule has 1 amide bonds. The van der Waals surface area contributed by atoms with E-state index in [1.807, 2.05) is 37.3 Å². The van der Waals surface area contributed by atoms with Gasteiger partial charge in [0.25, 0.3) is 5.91 Å². The number of aliphatic hydroxyl groups is 1. The molecule has 2 heterocycles. The predicted molar refractivity (Wildman–Crippen MR) is 141 cm³/mol. The van der Waals surface area contributed by atoms with Crippen LogP contribution in [-0.4, -0.2) is 50.3 Å². The van der Waals surface area contributed by atoms with Crippen molar-refractivity contribution < 1.29 is 19.4 Å². The highest BCUT2D eigenvalue weighted by molar-refractivity contribution is 6.08. The minimum Gasteiger partial charge on any atom is -0.460 e. The Bertz CT molecular complexity index is 1400. The summed E-state index contributed by atoms with van der Waals surface area (Å²) >= 11 is 0. The molecule has 0 saturated heterocycles. The Labute approximate surface area is 215 Å². The second-order valence-corrected chi connectivity index (χ2v) is 8.95. The van der Waals surface area contributed by atoms with Gasteiger partial charge >= 0.3 is 5.97 Å². The number of aliphatic hydroxyl groups excluding tert-OH is 1. The standard InChI is InChI=1S/C27H30N6O4/c1-5-13-37-26(36)27(3,4)32-25(35)19(15-28)14-20-21(18-9-7-17(2)8-10-18)22-23(29)30-16-31-24(22)33(20)11-6-12-34/h5,7-10,14,16,34H,1,6,11-13H2,2-4H3,(H,32,35)(H2,29,30,31)/b19-14+. The third-order valence-corrected chi connectivity index (χ3v) is 5.70. The van der Waals surface area contributed by atoms with Crippen LogP contribution in [0.2, 0.25) is 0 Å². The second kappa shape index (κ2) is 11.5. The smallest absolute Gasteiger partial charge is 0.331 e. The lowest BCUT2D eigenvalue weighted by Gasteiger charge is -2.23. The number of aryl methyl sites for hydroxylation is 2. The summed E-state index contributed by atoms with van der Waals surface area (Å²) in [7, 11) is 0. The van der Waals surface area contributed by atoms with Gasteiger partial charge in [-0.05, 0) is 38.8 Å². The molecule has 0 atom stereocenters. The SMILES string of the molecule is C=CCOC(=O)C(C)(C)NC(=O)/C(C#N)=C/c1c(-c2ccc(C)cc2)c2c(N)ncnc2n1CCCO. The molecule has 192 valence electrons. The van der Waals surface area contributed by atoms with Crippen LogP contribution in [-0.2, 0) is 20.9 Å². The number of aromatic nitrogens is 3. The number of amides is 1. The molecule has 0 unspecified atom stereocenters. The van der Waals surface area contributed by atoms with Crippen molar-refractivity contribution in [3.8, 4) is 17.2 Å². The van der Waals surface area contributed by atoms with Gasteiger partial charge in [-0.2, -0.15) is 5.26 Å². The van der Waals surface area contributed by atoms with Crippen LogP contribution in [0.15, 0.2) is 48.8 Å². The van der Waals surface area contributed by atoms with Gasteiger partial charge in [0.2, 0.25) is 0 Å². The molecule has 1 aromatic carbocycles. The van der Waals surface area contributed by atoms with Gasteiger partial charge in [0, 0.05) is 18.7 Å². The molecule has 0 aliphatic rings. The Morgan fingerprint density at radius 2 is 2.00 bits per heavy atom. The van der Waals surface area contributed by atoms with Crippen molar-refractivity contribution >= 4 is 34.8 Å². The van der Waals surface area contributed by atoms with Crippen molar-refractivity contribution in [3.63, 3.8) is 0 Å². The van der Waals surface area contributed by atoms with E-state index in [0.717, 1.165) is 11.1 Å². The Balaban J connectivity index is 2.21. The molecule has 2 aromatic heterocycles. The lowest BCUT2D eigenvalue weighted by Crippen LogP contribution is -2.51. The largest absolute Gasteiger partial charge is 0.460 e. The molecular weight excluding hydrogens is 472 g/mol. The molecule has 0 radical (unpaired) electrons. The lowest BCUT2D eigenvalue weighted by molar-refractivity contribution is -0.150. The van der Waals surface area contributed by atoms with E-state index in [4.69, 9.17) is 10.5 Å². The average molecular weight is 503 g/mol. The molecule has 3 rings (SSSR count). The monoisotopic (exact) mass is 502 g/mol. The van der Waals surface area contributed by atoms with Gasteiger partial charge in [-0.1, -0.05) is 42.5 Å². The van der Waals surface area contributed by atoms with Gasteiger partial charge in [0.1, 0.15) is 41.6 Å². The van der Waals surface area contributed by atoms with Gasteiger partial charge in [-0.15, -0.1) is 0 Å². The fourth-order valence-electron chi connectivity index (χ4n) is 3.83. The van der Waals surface area contributed by atoms with Crippen LogP contribution < -0.4 is 11.1 Å². The van der Waals surface area contributed by atoms with Crippen LogP contribution in [0, 0.1) is 18.3 Å². The van der Waals surface area contributed by atoms with E-state index >= 15 is 0 Å². The highest BCUT2D eigenvalue weighted by atomic mass is 16.5. The van der Waals surface area contributed by atoms with Crippen molar-refractivity contribution in [2.24, 2.45) is 0 Å². The summed E-state index contributed by atoms with van der Waals surface area (Å²) in [5, 5.41) is 22.6. The molecule has 10 nitrogen and oxygen atoms in total. The number of nitrogens with zero attached hydrogens (tertiary/aromatic N) is 4. The number of hydrogen-bond donors (Lipinski definition) is 3. The number of carbonyl (C=O) groups is 2. The first-order chi connectivity index (χ1) is 17.6. The lowest BCUT2D eigenvalue weighted by atomic mass is 10.00. The van der Waals surface area contributed by atoms with Crippen LogP contribution in [0.5, 0.6) is 0 Å². The molecule has 3 aromatic rings. The van der Waals surface area contributed by atoms with E-state index in [-0.39, 0.29) is 24.6 Å². The first-order valence-corrected chi connectivity index (χ1v) is 11.7. The summed E-state index contributed by atoms with van der Waals surface area (Å²) in [4.78, 5) is 34.1. The summed E-state index contributed by atoms with van der Waals surface area (Å²) in [6.45, 7) is 8.70. The van der Waals surface area contributed by atoms with Crippen molar-refractivity contribution in [3.05, 3.63) is 60.1 Å². The molecule has 0 aliphatic carbocycles. The number of nitrogens with two attached hydrogens (primary N) is 1. The van der Waals surface area contributed by atoms with Crippen molar-refractivity contribution in [2.45, 2.75) is 39.3 Å². The van der Waals surface area contributed by atoms with Gasteiger partial charge < -0.3 is 25.5 Å². The number of anilines is 1. The maximum absolute atomic E-state index is 13.1. The number of hydrogen-bond acceptors (Lipinski definition) is 8. The van der Waals surface area contributed by atoms with Gasteiger partial charge in [0.15, 0.2) is 0 Å². The molecule has 0 aliphatic heterocycles. The molecule has 0 saturated carbocycles. The molecule has 0 bridgehead atoms. The number of nitrogen functional groups attached to an aromatic ring is 1. The zero-order valence-electron chi connectivity index (χ0n) is 21.1. The van der Waals surface area contributed by atoms with E-state index in [0.29, 0.717) is 35.3 Å². The summed E-state index contributed by atoms with van der Waals surface area (Å²) in [6, 6.07) is 9.64. The molecule has 37 heavy (non-hydrogen) atoms. The van der Waals surface area contributed by atoms with Gasteiger partial charge in [-0.25, -0.2) is 14.8 Å². The first-order valence-electron chi connectivity index (χ1n) is 11.7. The van der Waals surface area contributed by atoms with E-state index in [1.165, 1.54) is 32.3 Å². The number of rotatable bonds is 10. The Kier molecular flexibility index (Phi) is 8.42. The normalized spacial score (nSPS) is 11.7. The van der Waals surface area contributed by atoms with E-state index < -0.39 is 17.4 Å². The Morgan fingerprint density at radius 3 is 2.62 bits per heavy atom. The van der Waals surface area contributed by atoms with Crippen LogP contribution in [0.25, 0.3) is 28.2 Å². The molecule has 0 spiro atoms. The Morgan fingerprint density at radius 1 is 1.30 bits per heavy atom. The highest BCUT2D eigenvalue weighted by Crippen LogP contribution is 2.38. The topological polar surface area (TPSA) is 156 Å². The van der Waals surface area contributed by atoms with Crippen LogP contribution in [0.3, 0.4) is 0 Å². The average Bonchev–Trinajstić information content (AvgIpc) is 3.18. The summed E-state index contributed by atoms with van der Waals surface area (Å²) < 4.78 is 6.86. The zero-order valence-corrected chi connectivity index (χ0v) is 21.1. The van der Waals surface area contributed by atoms with E-state index in [2.05, 4.69) is 21.9 Å². The minimum atomic E-state index is -1.39. The van der Waals surface area contributed by atoms with E-state index in [1.54, 1.807) is 4.57 Å². The fraction of sp³-hybridized carbons (Fsp3) is 0.296. The highest BCUT2D eigenvalue weighted by Gasteiger charge is 2.32. The fourth-order valence-corrected chi connectivity index (χ4v) is 3.83. The molecule has 4 N–H and O–H groups in total. The minimum absolute atomic E-state index is 0.00753. The molecule has 10 heteroatoms. The zero-order chi connectivity index (χ0) is 27.2. The number of esters is 1. The van der Waals surface area contributed by atoms with Gasteiger partial charge in [0.05, 0.1) is 11.1 Å². The van der Waals surface area contributed by atoms with Crippen molar-refractivity contribution in [1.29, 1.82) is 5.26 Å². The number of nitrogens with one attached hydrogen (secondary N) is 1.